The normalized spacial score (nSPS) is 21.6. The Labute approximate surface area is 232 Å². The SMILES string of the molecule is CN1CC(O)CNS(=O)(=O)c2ccc(-c3cnn(C)c3)cc2OCC2(CCN(C(=O)c3ccncc3F)CC2)C1. The number of carbonyl (C=O) groups is 1. The number of fused-ring (bicyclic) bond motifs is 1. The van der Waals surface area contributed by atoms with E-state index in [1.54, 1.807) is 35.0 Å². The minimum absolute atomic E-state index is 0.0165. The first-order chi connectivity index (χ1) is 19.1. The van der Waals surface area contributed by atoms with Gasteiger partial charge in [0.1, 0.15) is 10.6 Å². The maximum atomic E-state index is 14.2. The molecule has 1 unspecified atom stereocenters. The Morgan fingerprint density at radius 2 is 1.95 bits per heavy atom. The predicted molar refractivity (Wildman–Crippen MR) is 145 cm³/mol. The molecule has 1 saturated heterocycles. The molecule has 0 radical (unpaired) electrons. The maximum Gasteiger partial charge on any atom is 0.256 e. The van der Waals surface area contributed by atoms with Gasteiger partial charge in [0.25, 0.3) is 5.91 Å². The highest BCUT2D eigenvalue weighted by atomic mass is 32.2. The quantitative estimate of drug-likeness (QED) is 0.473. The lowest BCUT2D eigenvalue weighted by Crippen LogP contribution is -2.51. The van der Waals surface area contributed by atoms with Gasteiger partial charge in [-0.2, -0.15) is 5.10 Å². The third kappa shape index (κ3) is 6.02. The van der Waals surface area contributed by atoms with Crippen LogP contribution >= 0.6 is 0 Å². The number of hydrogen-bond donors (Lipinski definition) is 2. The Hall–Kier alpha value is -3.39. The molecule has 2 N–H and O–H groups in total. The number of piperidine rings is 1. The second-order valence-corrected chi connectivity index (χ2v) is 12.4. The molecular formula is C27H33FN6O5S. The third-order valence-corrected chi connectivity index (χ3v) is 9.02. The number of nitrogens with zero attached hydrogens (tertiary/aromatic N) is 5. The lowest BCUT2D eigenvalue weighted by molar-refractivity contribution is 0.0158. The number of aliphatic hydroxyl groups excluding tert-OH is 1. The highest BCUT2D eigenvalue weighted by Gasteiger charge is 2.39. The van der Waals surface area contributed by atoms with Crippen LogP contribution in [0.4, 0.5) is 4.39 Å². The number of nitrogens with one attached hydrogen (secondary N) is 1. The molecule has 1 aromatic carbocycles. The van der Waals surface area contributed by atoms with Gasteiger partial charge in [-0.25, -0.2) is 17.5 Å². The number of aryl methyl sites for hydroxylation is 1. The number of β-amino-alcohol motifs (C(OH)–C–C–N with tert-alkyl or cyclic N) is 1. The number of aromatic nitrogens is 3. The van der Waals surface area contributed by atoms with Gasteiger partial charge in [0, 0.05) is 63.1 Å². The van der Waals surface area contributed by atoms with E-state index >= 15 is 0 Å². The van der Waals surface area contributed by atoms with Crippen LogP contribution < -0.4 is 9.46 Å². The monoisotopic (exact) mass is 572 g/mol. The van der Waals surface area contributed by atoms with E-state index in [9.17, 15) is 22.7 Å². The summed E-state index contributed by atoms with van der Waals surface area (Å²) in [6.45, 7) is 1.61. The molecule has 40 heavy (non-hydrogen) atoms. The number of benzene rings is 1. The van der Waals surface area contributed by atoms with Gasteiger partial charge in [0.15, 0.2) is 5.82 Å². The Morgan fingerprint density at radius 3 is 2.65 bits per heavy atom. The van der Waals surface area contributed by atoms with Crippen LogP contribution in [-0.2, 0) is 17.1 Å². The molecule has 1 atom stereocenters. The van der Waals surface area contributed by atoms with Crippen LogP contribution in [0.2, 0.25) is 0 Å². The molecule has 214 valence electrons. The molecule has 3 aromatic rings. The average molecular weight is 573 g/mol. The molecule has 1 spiro atoms. The summed E-state index contributed by atoms with van der Waals surface area (Å²) in [6, 6.07) is 6.27. The van der Waals surface area contributed by atoms with Gasteiger partial charge in [0.05, 0.1) is 30.7 Å². The molecule has 5 rings (SSSR count). The molecule has 2 aliphatic heterocycles. The van der Waals surface area contributed by atoms with Crippen molar-refractivity contribution in [2.24, 2.45) is 12.5 Å². The molecule has 2 aromatic heterocycles. The molecule has 13 heteroatoms. The number of likely N-dealkylation sites (tertiary alicyclic amines) is 1. The first-order valence-electron chi connectivity index (χ1n) is 13.1. The number of hydrogen-bond acceptors (Lipinski definition) is 8. The summed E-state index contributed by atoms with van der Waals surface area (Å²) in [5.74, 6) is -0.855. The van der Waals surface area contributed by atoms with Crippen molar-refractivity contribution in [2.75, 3.05) is 46.4 Å². The zero-order valence-corrected chi connectivity index (χ0v) is 23.3. The average Bonchev–Trinajstić information content (AvgIpc) is 3.37. The van der Waals surface area contributed by atoms with Gasteiger partial charge in [-0.15, -0.1) is 0 Å². The Kier molecular flexibility index (Phi) is 7.91. The maximum absolute atomic E-state index is 14.2. The zero-order valence-electron chi connectivity index (χ0n) is 22.5. The van der Waals surface area contributed by atoms with E-state index in [-0.39, 0.29) is 35.9 Å². The molecular weight excluding hydrogens is 539 g/mol. The highest BCUT2D eigenvalue weighted by molar-refractivity contribution is 7.89. The number of pyridine rings is 1. The van der Waals surface area contributed by atoms with Crippen LogP contribution in [0.25, 0.3) is 11.1 Å². The molecule has 1 amide bonds. The molecule has 2 aliphatic rings. The van der Waals surface area contributed by atoms with Gasteiger partial charge in [-0.1, -0.05) is 6.07 Å². The van der Waals surface area contributed by atoms with Crippen molar-refractivity contribution in [3.05, 3.63) is 60.4 Å². The fourth-order valence-electron chi connectivity index (χ4n) is 5.42. The predicted octanol–water partition coefficient (Wildman–Crippen LogP) is 1.51. The van der Waals surface area contributed by atoms with E-state index < -0.39 is 33.3 Å². The van der Waals surface area contributed by atoms with Crippen molar-refractivity contribution < 1.29 is 27.4 Å². The van der Waals surface area contributed by atoms with Crippen molar-refractivity contribution in [3.8, 4) is 16.9 Å². The van der Waals surface area contributed by atoms with Crippen LogP contribution in [0.1, 0.15) is 23.2 Å². The number of carbonyl (C=O) groups excluding carboxylic acids is 1. The molecule has 11 nitrogen and oxygen atoms in total. The Bertz CT molecular complexity index is 1490. The van der Waals surface area contributed by atoms with E-state index in [2.05, 4.69) is 14.8 Å². The number of aliphatic hydroxyl groups is 1. The fraction of sp³-hybridized carbons (Fsp3) is 0.444. The lowest BCUT2D eigenvalue weighted by Gasteiger charge is -2.44. The fourth-order valence-corrected chi connectivity index (χ4v) is 6.62. The summed E-state index contributed by atoms with van der Waals surface area (Å²) in [7, 11) is -0.314. The smallest absolute Gasteiger partial charge is 0.256 e. The van der Waals surface area contributed by atoms with E-state index in [1.165, 1.54) is 18.3 Å². The molecule has 0 aliphatic carbocycles. The van der Waals surface area contributed by atoms with Gasteiger partial charge < -0.3 is 19.6 Å². The first-order valence-corrected chi connectivity index (χ1v) is 14.5. The standard InChI is InChI=1S/C27H33FN6O5S/c1-32-16-21(35)13-31-40(37,38)25-4-3-19(20-12-30-33(2)15-20)11-24(25)39-18-27(17-32)6-9-34(10-7-27)26(36)22-5-8-29-14-23(22)28/h3-5,8,11-12,14-15,21,31,35H,6-7,9-10,13,16-18H2,1-2H3. The minimum Gasteiger partial charge on any atom is -0.492 e. The van der Waals surface area contributed by atoms with E-state index in [1.807, 2.05) is 18.1 Å². The number of halogens is 1. The van der Waals surface area contributed by atoms with Crippen LogP contribution in [-0.4, -0.2) is 96.5 Å². The molecule has 1 fully saturated rings. The van der Waals surface area contributed by atoms with Crippen LogP contribution in [0.15, 0.2) is 53.9 Å². The summed E-state index contributed by atoms with van der Waals surface area (Å²) in [6.07, 6.45) is 6.11. The van der Waals surface area contributed by atoms with E-state index in [0.29, 0.717) is 32.5 Å². The van der Waals surface area contributed by atoms with Crippen LogP contribution in [0, 0.1) is 11.2 Å². The summed E-state index contributed by atoms with van der Waals surface area (Å²) >= 11 is 0. The van der Waals surface area contributed by atoms with E-state index in [4.69, 9.17) is 4.74 Å². The summed E-state index contributed by atoms with van der Waals surface area (Å²) < 4.78 is 51.2. The van der Waals surface area contributed by atoms with Crippen LogP contribution in [0.3, 0.4) is 0 Å². The van der Waals surface area contributed by atoms with Crippen molar-refractivity contribution in [1.82, 2.24) is 29.3 Å². The van der Waals surface area contributed by atoms with Crippen molar-refractivity contribution in [1.29, 1.82) is 0 Å². The van der Waals surface area contributed by atoms with Gasteiger partial charge in [0.2, 0.25) is 10.0 Å². The number of ether oxygens (including phenoxy) is 1. The Balaban J connectivity index is 1.44. The third-order valence-electron chi connectivity index (χ3n) is 7.56. The summed E-state index contributed by atoms with van der Waals surface area (Å²) in [4.78, 5) is 20.3. The second-order valence-electron chi connectivity index (χ2n) is 10.7. The Morgan fingerprint density at radius 1 is 1.18 bits per heavy atom. The highest BCUT2D eigenvalue weighted by Crippen LogP contribution is 2.37. The molecule has 4 heterocycles. The molecule has 0 saturated carbocycles. The molecule has 0 bridgehead atoms. The van der Waals surface area contributed by atoms with Crippen molar-refractivity contribution in [2.45, 2.75) is 23.8 Å². The van der Waals surface area contributed by atoms with Gasteiger partial charge in [-0.05, 0) is 43.7 Å². The van der Waals surface area contributed by atoms with Gasteiger partial charge >= 0.3 is 0 Å². The number of rotatable bonds is 2. The first kappa shape index (κ1) is 28.1. The topological polar surface area (TPSA) is 130 Å². The summed E-state index contributed by atoms with van der Waals surface area (Å²) in [5, 5.41) is 14.8. The van der Waals surface area contributed by atoms with Gasteiger partial charge in [-0.3, -0.25) is 14.5 Å². The number of sulfonamides is 1. The minimum atomic E-state index is -3.98. The van der Waals surface area contributed by atoms with E-state index in [0.717, 1.165) is 17.3 Å². The van der Waals surface area contributed by atoms with Crippen LogP contribution in [0.5, 0.6) is 5.75 Å². The number of likely N-dealkylation sites (N-methyl/N-ethyl adjacent to an activating group) is 1. The zero-order chi connectivity index (χ0) is 28.5. The summed E-state index contributed by atoms with van der Waals surface area (Å²) in [5.41, 5.74) is 1.10. The number of amides is 1. The lowest BCUT2D eigenvalue weighted by atomic mass is 9.78. The largest absolute Gasteiger partial charge is 0.492 e. The van der Waals surface area contributed by atoms with Crippen molar-refractivity contribution >= 4 is 15.9 Å². The van der Waals surface area contributed by atoms with Crippen molar-refractivity contribution in [3.63, 3.8) is 0 Å². The second kappa shape index (κ2) is 11.2.